The van der Waals surface area contributed by atoms with Crippen molar-refractivity contribution in [1.29, 1.82) is 0 Å². The van der Waals surface area contributed by atoms with Crippen LogP contribution in [0, 0.1) is 18.8 Å². The highest BCUT2D eigenvalue weighted by molar-refractivity contribution is 7.99. The minimum absolute atomic E-state index is 0.0260. The van der Waals surface area contributed by atoms with Gasteiger partial charge >= 0.3 is 0 Å². The van der Waals surface area contributed by atoms with Crippen LogP contribution in [0.4, 0.5) is 0 Å². The van der Waals surface area contributed by atoms with E-state index in [9.17, 15) is 4.79 Å². The van der Waals surface area contributed by atoms with Crippen LogP contribution in [0.5, 0.6) is 5.88 Å². The van der Waals surface area contributed by atoms with Gasteiger partial charge in [-0.05, 0) is 13.0 Å². The van der Waals surface area contributed by atoms with Crippen LogP contribution in [-0.4, -0.2) is 63.9 Å². The van der Waals surface area contributed by atoms with Crippen molar-refractivity contribution in [3.8, 4) is 17.7 Å². The zero-order chi connectivity index (χ0) is 24.7. The lowest BCUT2D eigenvalue weighted by molar-refractivity contribution is 0.198. The summed E-state index contributed by atoms with van der Waals surface area (Å²) in [5.41, 5.74) is 1.10. The lowest BCUT2D eigenvalue weighted by Crippen LogP contribution is -2.32. The van der Waals surface area contributed by atoms with Gasteiger partial charge in [-0.25, -0.2) is 4.98 Å². The molecule has 0 spiro atoms. The number of ether oxygens (including phenoxy) is 1. The van der Waals surface area contributed by atoms with E-state index in [1.807, 2.05) is 11.8 Å². The van der Waals surface area contributed by atoms with Gasteiger partial charge in [0.05, 0.1) is 34.9 Å². The SMILES string of the molecule is C=C/C(C#CCN1CCSCC1)=C\C(Cl)=C(/Cl)n1c(C)cc(=O)c2c(OCCO)ncc(Cl)c21. The number of aryl methyl sites for hydroxylation is 1. The van der Waals surface area contributed by atoms with Crippen molar-refractivity contribution in [2.45, 2.75) is 6.92 Å². The van der Waals surface area contributed by atoms with Crippen molar-refractivity contribution in [1.82, 2.24) is 14.5 Å². The molecule has 0 amide bonds. The molecule has 6 nitrogen and oxygen atoms in total. The first-order valence-electron chi connectivity index (χ1n) is 10.5. The smallest absolute Gasteiger partial charge is 0.227 e. The summed E-state index contributed by atoms with van der Waals surface area (Å²) in [5, 5.41) is 9.74. The Balaban J connectivity index is 2.04. The van der Waals surface area contributed by atoms with E-state index >= 15 is 0 Å². The van der Waals surface area contributed by atoms with E-state index in [0.717, 1.165) is 24.6 Å². The lowest BCUT2D eigenvalue weighted by atomic mass is 10.2. The van der Waals surface area contributed by atoms with E-state index in [2.05, 4.69) is 28.3 Å². The van der Waals surface area contributed by atoms with Crippen LogP contribution in [0.1, 0.15) is 5.69 Å². The van der Waals surface area contributed by atoms with E-state index in [1.165, 1.54) is 12.3 Å². The Hall–Kier alpha value is -1.92. The first kappa shape index (κ1) is 26.7. The number of thioether (sulfide) groups is 1. The summed E-state index contributed by atoms with van der Waals surface area (Å²) >= 11 is 21.6. The van der Waals surface area contributed by atoms with Crippen molar-refractivity contribution >= 4 is 62.6 Å². The molecule has 1 aliphatic heterocycles. The molecule has 1 aliphatic rings. The summed E-state index contributed by atoms with van der Waals surface area (Å²) in [5.74, 6) is 8.54. The highest BCUT2D eigenvalue weighted by atomic mass is 35.5. The van der Waals surface area contributed by atoms with Crippen molar-refractivity contribution in [2.24, 2.45) is 0 Å². The van der Waals surface area contributed by atoms with E-state index in [0.29, 0.717) is 23.3 Å². The Kier molecular flexibility index (Phi) is 9.96. The average molecular weight is 541 g/mol. The number of halogens is 3. The fraction of sp³-hybridized carbons (Fsp3) is 0.333. The largest absolute Gasteiger partial charge is 0.475 e. The molecular weight excluding hydrogens is 517 g/mol. The van der Waals surface area contributed by atoms with E-state index in [1.54, 1.807) is 23.6 Å². The quantitative estimate of drug-likeness (QED) is 0.412. The molecule has 3 heterocycles. The number of aliphatic hydroxyl groups is 1. The summed E-state index contributed by atoms with van der Waals surface area (Å²) in [7, 11) is 0. The van der Waals surface area contributed by atoms with Gasteiger partial charge < -0.3 is 14.4 Å². The highest BCUT2D eigenvalue weighted by Crippen LogP contribution is 2.33. The van der Waals surface area contributed by atoms with Gasteiger partial charge in [0.15, 0.2) is 5.43 Å². The number of aromatic nitrogens is 2. The van der Waals surface area contributed by atoms with Crippen LogP contribution in [-0.2, 0) is 0 Å². The normalized spacial score (nSPS) is 15.5. The number of pyridine rings is 2. The van der Waals surface area contributed by atoms with Crippen molar-refractivity contribution in [3.05, 3.63) is 62.5 Å². The zero-order valence-corrected chi connectivity index (χ0v) is 21.7. The third-order valence-corrected chi connectivity index (χ3v) is 6.98. The summed E-state index contributed by atoms with van der Waals surface area (Å²) < 4.78 is 7.00. The summed E-state index contributed by atoms with van der Waals surface area (Å²) in [6, 6.07) is 1.40. The molecule has 0 aromatic carbocycles. The van der Waals surface area contributed by atoms with Gasteiger partial charge in [0, 0.05) is 41.9 Å². The standard InChI is InChI=1S/C24H24Cl3N3O3S/c1-3-17(5-4-6-29-7-11-34-12-8-29)14-18(25)23(27)30-16(2)13-20(32)21-22(30)19(26)15-28-24(21)33-10-9-31/h3,13-15,31H,1,6-12H2,2H3/b17-14+,23-18-. The number of hydrogen-bond acceptors (Lipinski definition) is 6. The Morgan fingerprint density at radius 3 is 2.79 bits per heavy atom. The van der Waals surface area contributed by atoms with Gasteiger partial charge in [-0.2, -0.15) is 11.8 Å². The molecule has 1 fully saturated rings. The van der Waals surface area contributed by atoms with Crippen LogP contribution in [0.15, 0.2) is 46.4 Å². The van der Waals surface area contributed by atoms with Gasteiger partial charge in [-0.15, -0.1) is 0 Å². The predicted octanol–water partition coefficient (Wildman–Crippen LogP) is 4.50. The molecule has 10 heteroatoms. The molecule has 0 aliphatic carbocycles. The van der Waals surface area contributed by atoms with Crippen molar-refractivity contribution in [2.75, 3.05) is 44.4 Å². The lowest BCUT2D eigenvalue weighted by Gasteiger charge is -2.23. The molecule has 0 saturated carbocycles. The second-order valence-electron chi connectivity index (χ2n) is 7.33. The van der Waals surface area contributed by atoms with Crippen LogP contribution in [0.25, 0.3) is 16.1 Å². The molecule has 1 saturated heterocycles. The summed E-state index contributed by atoms with van der Waals surface area (Å²) in [6.45, 7) is 8.00. The zero-order valence-electron chi connectivity index (χ0n) is 18.6. The highest BCUT2D eigenvalue weighted by Gasteiger charge is 2.19. The monoisotopic (exact) mass is 539 g/mol. The Morgan fingerprint density at radius 2 is 2.12 bits per heavy atom. The maximum atomic E-state index is 12.8. The number of hydrogen-bond donors (Lipinski definition) is 1. The Morgan fingerprint density at radius 1 is 1.38 bits per heavy atom. The molecule has 3 rings (SSSR count). The molecule has 34 heavy (non-hydrogen) atoms. The minimum atomic E-state index is -0.336. The van der Waals surface area contributed by atoms with Crippen molar-refractivity contribution in [3.63, 3.8) is 0 Å². The maximum Gasteiger partial charge on any atom is 0.227 e. The fourth-order valence-electron chi connectivity index (χ4n) is 3.37. The molecule has 2 aromatic rings. The third kappa shape index (κ3) is 6.39. The van der Waals surface area contributed by atoms with Crippen LogP contribution < -0.4 is 10.2 Å². The topological polar surface area (TPSA) is 67.6 Å². The van der Waals surface area contributed by atoms with Gasteiger partial charge in [0.2, 0.25) is 5.88 Å². The Labute approximate surface area is 217 Å². The summed E-state index contributed by atoms with van der Waals surface area (Å²) in [4.78, 5) is 19.2. The van der Waals surface area contributed by atoms with Gasteiger partial charge in [-0.3, -0.25) is 9.69 Å². The second kappa shape index (κ2) is 12.7. The third-order valence-electron chi connectivity index (χ3n) is 5.00. The van der Waals surface area contributed by atoms with E-state index in [-0.39, 0.29) is 45.1 Å². The van der Waals surface area contributed by atoms with Gasteiger partial charge in [-0.1, -0.05) is 59.3 Å². The Bertz CT molecular complexity index is 1260. The number of allylic oxidation sites excluding steroid dienone is 4. The summed E-state index contributed by atoms with van der Waals surface area (Å²) in [6.07, 6.45) is 4.59. The van der Waals surface area contributed by atoms with Crippen molar-refractivity contribution < 1.29 is 9.84 Å². The average Bonchev–Trinajstić information content (AvgIpc) is 2.83. The second-order valence-corrected chi connectivity index (χ2v) is 9.72. The first-order chi connectivity index (χ1) is 16.4. The molecule has 180 valence electrons. The number of fused-ring (bicyclic) bond motifs is 1. The van der Waals surface area contributed by atoms with Crippen LogP contribution in [0.3, 0.4) is 0 Å². The minimum Gasteiger partial charge on any atom is -0.475 e. The molecule has 0 bridgehead atoms. The van der Waals surface area contributed by atoms with Gasteiger partial charge in [0.25, 0.3) is 0 Å². The fourth-order valence-corrected chi connectivity index (χ4v) is 5.05. The van der Waals surface area contributed by atoms with E-state index < -0.39 is 0 Å². The molecule has 0 radical (unpaired) electrons. The van der Waals surface area contributed by atoms with E-state index in [4.69, 9.17) is 44.6 Å². The number of aliphatic hydroxyl groups excluding tert-OH is 1. The molecule has 1 N–H and O–H groups in total. The van der Waals surface area contributed by atoms with Gasteiger partial charge in [0.1, 0.15) is 17.1 Å². The molecule has 2 aromatic heterocycles. The van der Waals surface area contributed by atoms with Crippen LogP contribution >= 0.6 is 46.6 Å². The molecular formula is C24H24Cl3N3O3S. The number of rotatable bonds is 7. The predicted molar refractivity (Wildman–Crippen MR) is 143 cm³/mol. The maximum absolute atomic E-state index is 12.8. The molecule has 0 unspecified atom stereocenters. The first-order valence-corrected chi connectivity index (χ1v) is 12.8. The number of nitrogens with zero attached hydrogens (tertiary/aromatic N) is 3. The van der Waals surface area contributed by atoms with Crippen LogP contribution in [0.2, 0.25) is 5.02 Å². The molecule has 0 atom stereocenters.